The number of hydrogen-bond donors (Lipinski definition) is 1. The highest BCUT2D eigenvalue weighted by Crippen LogP contribution is 2.49. The molecule has 4 heteroatoms. The second kappa shape index (κ2) is 5.15. The molecule has 0 aromatic heterocycles. The molecule has 1 aliphatic rings. The zero-order chi connectivity index (χ0) is 15.0. The van der Waals surface area contributed by atoms with Gasteiger partial charge in [0.1, 0.15) is 5.82 Å². The fraction of sp³-hybridized carbons (Fsp3) is 0.235. The first-order valence-corrected chi connectivity index (χ1v) is 7.23. The molecule has 1 fully saturated rings. The monoisotopic (exact) mass is 303 g/mol. The van der Waals surface area contributed by atoms with Gasteiger partial charge in [-0.1, -0.05) is 29.8 Å². The van der Waals surface area contributed by atoms with Crippen molar-refractivity contribution in [3.8, 4) is 0 Å². The van der Waals surface area contributed by atoms with Gasteiger partial charge in [-0.2, -0.15) is 0 Å². The van der Waals surface area contributed by atoms with Gasteiger partial charge in [0.25, 0.3) is 0 Å². The summed E-state index contributed by atoms with van der Waals surface area (Å²) in [5.41, 5.74) is 1.83. The SMILES string of the molecule is Cc1ccc(F)cc1NC(=O)C1(c2ccc(Cl)cc2)CC1. The number of carbonyl (C=O) groups excluding carboxylic acids is 1. The lowest BCUT2D eigenvalue weighted by atomic mass is 9.95. The van der Waals surface area contributed by atoms with Crippen LogP contribution in [0.3, 0.4) is 0 Å². The molecule has 1 N–H and O–H groups in total. The predicted molar refractivity (Wildman–Crippen MR) is 82.1 cm³/mol. The first kappa shape index (κ1) is 14.1. The van der Waals surface area contributed by atoms with Crippen LogP contribution in [0.1, 0.15) is 24.0 Å². The van der Waals surface area contributed by atoms with Gasteiger partial charge in [-0.3, -0.25) is 4.79 Å². The molecule has 1 saturated carbocycles. The third-order valence-corrected chi connectivity index (χ3v) is 4.28. The number of aryl methyl sites for hydroxylation is 1. The lowest BCUT2D eigenvalue weighted by Gasteiger charge is -2.17. The number of benzene rings is 2. The minimum Gasteiger partial charge on any atom is -0.325 e. The smallest absolute Gasteiger partial charge is 0.235 e. The Balaban J connectivity index is 1.85. The number of carbonyl (C=O) groups is 1. The molecule has 3 rings (SSSR count). The maximum absolute atomic E-state index is 13.3. The Bertz CT molecular complexity index is 692. The summed E-state index contributed by atoms with van der Waals surface area (Å²) in [6.07, 6.45) is 1.60. The van der Waals surface area contributed by atoms with Crippen LogP contribution in [-0.2, 0) is 10.2 Å². The van der Waals surface area contributed by atoms with Crippen LogP contribution < -0.4 is 5.32 Å². The van der Waals surface area contributed by atoms with Crippen LogP contribution in [0.5, 0.6) is 0 Å². The summed E-state index contributed by atoms with van der Waals surface area (Å²) >= 11 is 5.89. The highest BCUT2D eigenvalue weighted by Gasteiger charge is 2.51. The topological polar surface area (TPSA) is 29.1 Å². The molecule has 0 spiro atoms. The summed E-state index contributed by atoms with van der Waals surface area (Å²) < 4.78 is 13.3. The van der Waals surface area contributed by atoms with Crippen LogP contribution in [0.15, 0.2) is 42.5 Å². The van der Waals surface area contributed by atoms with E-state index in [-0.39, 0.29) is 11.7 Å². The average Bonchev–Trinajstić information content (AvgIpc) is 3.25. The predicted octanol–water partition coefficient (Wildman–Crippen LogP) is 4.46. The summed E-state index contributed by atoms with van der Waals surface area (Å²) in [4.78, 5) is 12.6. The summed E-state index contributed by atoms with van der Waals surface area (Å²) in [5, 5.41) is 3.50. The van der Waals surface area contributed by atoms with Gasteiger partial charge in [0, 0.05) is 10.7 Å². The van der Waals surface area contributed by atoms with E-state index in [1.807, 2.05) is 19.1 Å². The lowest BCUT2D eigenvalue weighted by molar-refractivity contribution is -0.118. The van der Waals surface area contributed by atoms with E-state index in [2.05, 4.69) is 5.32 Å². The van der Waals surface area contributed by atoms with Crippen LogP contribution in [-0.4, -0.2) is 5.91 Å². The van der Waals surface area contributed by atoms with Gasteiger partial charge >= 0.3 is 0 Å². The molecule has 0 bridgehead atoms. The van der Waals surface area contributed by atoms with E-state index in [4.69, 9.17) is 11.6 Å². The average molecular weight is 304 g/mol. The van der Waals surface area contributed by atoms with E-state index in [1.54, 1.807) is 18.2 Å². The molecule has 0 unspecified atom stereocenters. The molecule has 2 nitrogen and oxygen atoms in total. The molecule has 21 heavy (non-hydrogen) atoms. The fourth-order valence-electron chi connectivity index (χ4n) is 2.51. The second-order valence-corrected chi connectivity index (χ2v) is 5.94. The maximum atomic E-state index is 13.3. The molecule has 2 aromatic rings. The van der Waals surface area contributed by atoms with Gasteiger partial charge in [0.05, 0.1) is 5.41 Å². The van der Waals surface area contributed by atoms with E-state index in [9.17, 15) is 9.18 Å². The normalized spacial score (nSPS) is 15.6. The van der Waals surface area contributed by atoms with Gasteiger partial charge in [0.2, 0.25) is 5.91 Å². The second-order valence-electron chi connectivity index (χ2n) is 5.50. The zero-order valence-corrected chi connectivity index (χ0v) is 12.4. The number of amides is 1. The Hall–Kier alpha value is -1.87. The van der Waals surface area contributed by atoms with E-state index in [0.29, 0.717) is 10.7 Å². The molecule has 0 radical (unpaired) electrons. The minimum atomic E-state index is -0.497. The van der Waals surface area contributed by atoms with Gasteiger partial charge in [-0.05, 0) is 55.2 Å². The summed E-state index contributed by atoms with van der Waals surface area (Å²) in [7, 11) is 0. The van der Waals surface area contributed by atoms with Crippen LogP contribution in [0.2, 0.25) is 5.02 Å². The zero-order valence-electron chi connectivity index (χ0n) is 11.6. The summed E-state index contributed by atoms with van der Waals surface area (Å²) in [6, 6.07) is 11.7. The standard InChI is InChI=1S/C17H15ClFNO/c1-11-2-7-14(19)10-15(11)20-16(21)17(8-9-17)12-3-5-13(18)6-4-12/h2-7,10H,8-9H2,1H3,(H,20,21). The van der Waals surface area contributed by atoms with Crippen molar-refractivity contribution in [2.75, 3.05) is 5.32 Å². The highest BCUT2D eigenvalue weighted by atomic mass is 35.5. The number of anilines is 1. The lowest BCUT2D eigenvalue weighted by Crippen LogP contribution is -2.28. The number of rotatable bonds is 3. The summed E-state index contributed by atoms with van der Waals surface area (Å²) in [5.74, 6) is -0.439. The molecular formula is C17H15ClFNO. The van der Waals surface area contributed by atoms with Crippen molar-refractivity contribution in [3.05, 3.63) is 64.4 Å². The van der Waals surface area contributed by atoms with Crippen LogP contribution in [0, 0.1) is 12.7 Å². The molecule has 0 saturated heterocycles. The first-order valence-electron chi connectivity index (χ1n) is 6.85. The van der Waals surface area contributed by atoms with E-state index < -0.39 is 5.41 Å². The van der Waals surface area contributed by atoms with Gasteiger partial charge in [-0.15, -0.1) is 0 Å². The first-order chi connectivity index (χ1) is 10.0. The number of halogens is 2. The van der Waals surface area contributed by atoms with Crippen molar-refractivity contribution in [2.45, 2.75) is 25.2 Å². The van der Waals surface area contributed by atoms with Crippen molar-refractivity contribution >= 4 is 23.2 Å². The molecule has 1 aliphatic carbocycles. The molecule has 0 atom stereocenters. The maximum Gasteiger partial charge on any atom is 0.235 e. The molecule has 2 aromatic carbocycles. The fourth-order valence-corrected chi connectivity index (χ4v) is 2.64. The Kier molecular flexibility index (Phi) is 3.46. The summed E-state index contributed by atoms with van der Waals surface area (Å²) in [6.45, 7) is 1.84. The van der Waals surface area contributed by atoms with Gasteiger partial charge < -0.3 is 5.32 Å². The Morgan fingerprint density at radius 3 is 2.48 bits per heavy atom. The van der Waals surface area contributed by atoms with E-state index in [1.165, 1.54) is 12.1 Å². The quantitative estimate of drug-likeness (QED) is 0.891. The molecule has 0 aliphatic heterocycles. The van der Waals surface area contributed by atoms with Crippen molar-refractivity contribution in [2.24, 2.45) is 0 Å². The van der Waals surface area contributed by atoms with Crippen molar-refractivity contribution < 1.29 is 9.18 Å². The minimum absolute atomic E-state index is 0.0847. The molecular weight excluding hydrogens is 289 g/mol. The third kappa shape index (κ3) is 2.66. The number of nitrogens with one attached hydrogen (secondary N) is 1. The van der Waals surface area contributed by atoms with Crippen molar-refractivity contribution in [3.63, 3.8) is 0 Å². The van der Waals surface area contributed by atoms with Crippen molar-refractivity contribution in [1.29, 1.82) is 0 Å². The Morgan fingerprint density at radius 2 is 1.86 bits per heavy atom. The van der Waals surface area contributed by atoms with Crippen LogP contribution in [0.4, 0.5) is 10.1 Å². The molecule has 0 heterocycles. The third-order valence-electron chi connectivity index (χ3n) is 4.03. The van der Waals surface area contributed by atoms with E-state index in [0.717, 1.165) is 24.0 Å². The van der Waals surface area contributed by atoms with Crippen LogP contribution in [0.25, 0.3) is 0 Å². The van der Waals surface area contributed by atoms with Gasteiger partial charge in [0.15, 0.2) is 0 Å². The van der Waals surface area contributed by atoms with Crippen molar-refractivity contribution in [1.82, 2.24) is 0 Å². The Labute approximate surface area is 127 Å². The highest BCUT2D eigenvalue weighted by molar-refractivity contribution is 6.30. The molecule has 1 amide bonds. The van der Waals surface area contributed by atoms with E-state index >= 15 is 0 Å². The molecule has 108 valence electrons. The largest absolute Gasteiger partial charge is 0.325 e. The Morgan fingerprint density at radius 1 is 1.19 bits per heavy atom. The number of hydrogen-bond acceptors (Lipinski definition) is 1. The van der Waals surface area contributed by atoms with Crippen LogP contribution >= 0.6 is 11.6 Å². The van der Waals surface area contributed by atoms with Gasteiger partial charge in [-0.25, -0.2) is 4.39 Å².